The first kappa shape index (κ1) is 13.3. The standard InChI is InChI=1S/C14H26O3/c1-2-12-5-3-6-13(11-12)15-10-7-14-16-8-4-9-17-14/h12-14H,2-11H2,1H3. The summed E-state index contributed by atoms with van der Waals surface area (Å²) in [6.07, 6.45) is 8.89. The molecule has 2 atom stereocenters. The Morgan fingerprint density at radius 3 is 2.71 bits per heavy atom. The summed E-state index contributed by atoms with van der Waals surface area (Å²) in [6, 6.07) is 0. The molecule has 2 fully saturated rings. The van der Waals surface area contributed by atoms with Crippen molar-refractivity contribution < 1.29 is 14.2 Å². The minimum atomic E-state index is -0.0192. The van der Waals surface area contributed by atoms with Crippen LogP contribution in [0.25, 0.3) is 0 Å². The van der Waals surface area contributed by atoms with E-state index in [0.29, 0.717) is 6.10 Å². The second-order valence-electron chi connectivity index (χ2n) is 5.25. The molecule has 2 aliphatic rings. The molecular weight excluding hydrogens is 216 g/mol. The van der Waals surface area contributed by atoms with Gasteiger partial charge in [-0.25, -0.2) is 0 Å². The third-order valence-corrected chi connectivity index (χ3v) is 3.92. The topological polar surface area (TPSA) is 27.7 Å². The molecular formula is C14H26O3. The van der Waals surface area contributed by atoms with Gasteiger partial charge in [-0.05, 0) is 25.2 Å². The Morgan fingerprint density at radius 1 is 1.12 bits per heavy atom. The van der Waals surface area contributed by atoms with Gasteiger partial charge < -0.3 is 14.2 Å². The predicted molar refractivity (Wildman–Crippen MR) is 66.9 cm³/mol. The van der Waals surface area contributed by atoms with E-state index in [1.54, 1.807) is 0 Å². The van der Waals surface area contributed by atoms with Crippen molar-refractivity contribution >= 4 is 0 Å². The molecule has 0 aromatic rings. The third-order valence-electron chi connectivity index (χ3n) is 3.92. The Kier molecular flexibility index (Phi) is 5.75. The summed E-state index contributed by atoms with van der Waals surface area (Å²) < 4.78 is 17.0. The summed E-state index contributed by atoms with van der Waals surface area (Å²) in [6.45, 7) is 4.75. The van der Waals surface area contributed by atoms with Gasteiger partial charge in [0.05, 0.1) is 25.9 Å². The average Bonchev–Trinajstić information content (AvgIpc) is 2.40. The van der Waals surface area contributed by atoms with Gasteiger partial charge in [-0.2, -0.15) is 0 Å². The Bertz CT molecular complexity index is 202. The van der Waals surface area contributed by atoms with Crippen LogP contribution in [0.5, 0.6) is 0 Å². The lowest BCUT2D eigenvalue weighted by Gasteiger charge is -2.29. The summed E-state index contributed by atoms with van der Waals surface area (Å²) >= 11 is 0. The van der Waals surface area contributed by atoms with E-state index in [0.717, 1.165) is 38.6 Å². The van der Waals surface area contributed by atoms with E-state index in [4.69, 9.17) is 14.2 Å². The van der Waals surface area contributed by atoms with Crippen LogP contribution in [0, 0.1) is 5.92 Å². The van der Waals surface area contributed by atoms with Crippen LogP contribution in [0.1, 0.15) is 51.9 Å². The highest BCUT2D eigenvalue weighted by Gasteiger charge is 2.22. The predicted octanol–water partition coefficient (Wildman–Crippen LogP) is 3.12. The van der Waals surface area contributed by atoms with Crippen molar-refractivity contribution in [1.29, 1.82) is 0 Å². The molecule has 1 aliphatic carbocycles. The summed E-state index contributed by atoms with van der Waals surface area (Å²) in [4.78, 5) is 0. The Labute approximate surface area is 105 Å². The Balaban J connectivity index is 1.57. The maximum absolute atomic E-state index is 5.96. The molecule has 0 spiro atoms. The fourth-order valence-corrected chi connectivity index (χ4v) is 2.80. The summed E-state index contributed by atoms with van der Waals surface area (Å²) in [7, 11) is 0. The Morgan fingerprint density at radius 2 is 1.94 bits per heavy atom. The van der Waals surface area contributed by atoms with Crippen molar-refractivity contribution in [1.82, 2.24) is 0 Å². The number of rotatable bonds is 5. The molecule has 0 radical (unpaired) electrons. The molecule has 3 heteroatoms. The van der Waals surface area contributed by atoms with Crippen LogP contribution in [0.2, 0.25) is 0 Å². The first-order valence-electron chi connectivity index (χ1n) is 7.23. The molecule has 0 aromatic carbocycles. The minimum Gasteiger partial charge on any atom is -0.378 e. The van der Waals surface area contributed by atoms with Gasteiger partial charge in [-0.3, -0.25) is 0 Å². The normalized spacial score (nSPS) is 31.6. The molecule has 100 valence electrons. The van der Waals surface area contributed by atoms with E-state index in [1.807, 2.05) is 0 Å². The zero-order valence-electron chi connectivity index (χ0n) is 11.0. The van der Waals surface area contributed by atoms with Crippen LogP contribution in [0.4, 0.5) is 0 Å². The fraction of sp³-hybridized carbons (Fsp3) is 1.00. The van der Waals surface area contributed by atoms with E-state index in [-0.39, 0.29) is 6.29 Å². The molecule has 0 bridgehead atoms. The first-order valence-corrected chi connectivity index (χ1v) is 7.23. The van der Waals surface area contributed by atoms with E-state index in [2.05, 4.69) is 6.92 Å². The van der Waals surface area contributed by atoms with Crippen molar-refractivity contribution in [3.8, 4) is 0 Å². The van der Waals surface area contributed by atoms with Gasteiger partial charge in [0.2, 0.25) is 0 Å². The third kappa shape index (κ3) is 4.57. The highest BCUT2D eigenvalue weighted by molar-refractivity contribution is 4.72. The molecule has 1 heterocycles. The lowest BCUT2D eigenvalue weighted by atomic mass is 9.85. The van der Waals surface area contributed by atoms with Crippen LogP contribution in [0.15, 0.2) is 0 Å². The minimum absolute atomic E-state index is 0.0192. The van der Waals surface area contributed by atoms with E-state index in [9.17, 15) is 0 Å². The second-order valence-corrected chi connectivity index (χ2v) is 5.25. The highest BCUT2D eigenvalue weighted by Crippen LogP contribution is 2.28. The van der Waals surface area contributed by atoms with Crippen LogP contribution in [-0.4, -0.2) is 32.2 Å². The molecule has 17 heavy (non-hydrogen) atoms. The van der Waals surface area contributed by atoms with Gasteiger partial charge in [0, 0.05) is 6.42 Å². The van der Waals surface area contributed by atoms with Crippen molar-refractivity contribution in [2.24, 2.45) is 5.92 Å². The SMILES string of the molecule is CCC1CCCC(OCCC2OCCCO2)C1. The number of ether oxygens (including phenoxy) is 3. The van der Waals surface area contributed by atoms with Crippen molar-refractivity contribution in [2.45, 2.75) is 64.3 Å². The second kappa shape index (κ2) is 7.34. The maximum atomic E-state index is 5.96. The lowest BCUT2D eigenvalue weighted by Crippen LogP contribution is -2.28. The quantitative estimate of drug-likeness (QED) is 0.741. The van der Waals surface area contributed by atoms with Crippen molar-refractivity contribution in [3.05, 3.63) is 0 Å². The molecule has 1 saturated heterocycles. The number of hydrogen-bond donors (Lipinski definition) is 0. The van der Waals surface area contributed by atoms with E-state index >= 15 is 0 Å². The van der Waals surface area contributed by atoms with Gasteiger partial charge in [-0.15, -0.1) is 0 Å². The highest BCUT2D eigenvalue weighted by atomic mass is 16.7. The lowest BCUT2D eigenvalue weighted by molar-refractivity contribution is -0.188. The molecule has 2 rings (SSSR count). The largest absolute Gasteiger partial charge is 0.378 e. The maximum Gasteiger partial charge on any atom is 0.159 e. The molecule has 0 N–H and O–H groups in total. The molecule has 0 aromatic heterocycles. The molecule has 3 nitrogen and oxygen atoms in total. The van der Waals surface area contributed by atoms with Crippen LogP contribution in [0.3, 0.4) is 0 Å². The average molecular weight is 242 g/mol. The van der Waals surface area contributed by atoms with E-state index < -0.39 is 0 Å². The van der Waals surface area contributed by atoms with Crippen LogP contribution >= 0.6 is 0 Å². The zero-order valence-corrected chi connectivity index (χ0v) is 11.0. The molecule has 1 aliphatic heterocycles. The van der Waals surface area contributed by atoms with Crippen molar-refractivity contribution in [3.63, 3.8) is 0 Å². The Hall–Kier alpha value is -0.120. The van der Waals surface area contributed by atoms with E-state index in [1.165, 1.54) is 32.1 Å². The van der Waals surface area contributed by atoms with Gasteiger partial charge >= 0.3 is 0 Å². The molecule has 1 saturated carbocycles. The summed E-state index contributed by atoms with van der Waals surface area (Å²) in [5, 5.41) is 0. The fourth-order valence-electron chi connectivity index (χ4n) is 2.80. The van der Waals surface area contributed by atoms with Crippen LogP contribution in [-0.2, 0) is 14.2 Å². The van der Waals surface area contributed by atoms with Gasteiger partial charge in [0.25, 0.3) is 0 Å². The van der Waals surface area contributed by atoms with Gasteiger partial charge in [0.15, 0.2) is 6.29 Å². The zero-order chi connectivity index (χ0) is 11.9. The molecule has 2 unspecified atom stereocenters. The first-order chi connectivity index (χ1) is 8.38. The van der Waals surface area contributed by atoms with Crippen molar-refractivity contribution in [2.75, 3.05) is 19.8 Å². The van der Waals surface area contributed by atoms with Gasteiger partial charge in [-0.1, -0.05) is 26.2 Å². The van der Waals surface area contributed by atoms with Gasteiger partial charge in [0.1, 0.15) is 0 Å². The number of hydrogen-bond acceptors (Lipinski definition) is 3. The molecule has 0 amide bonds. The summed E-state index contributed by atoms with van der Waals surface area (Å²) in [5.41, 5.74) is 0. The van der Waals surface area contributed by atoms with Crippen LogP contribution < -0.4 is 0 Å². The summed E-state index contributed by atoms with van der Waals surface area (Å²) in [5.74, 6) is 0.885. The smallest absolute Gasteiger partial charge is 0.159 e. The monoisotopic (exact) mass is 242 g/mol.